The van der Waals surface area contributed by atoms with Gasteiger partial charge in [0.1, 0.15) is 11.6 Å². The quantitative estimate of drug-likeness (QED) is 0.354. The maximum absolute atomic E-state index is 12.6. The molecule has 170 valence electrons. The molecule has 1 amide bonds. The van der Waals surface area contributed by atoms with E-state index in [-0.39, 0.29) is 5.91 Å². The van der Waals surface area contributed by atoms with E-state index in [1.165, 1.54) is 5.56 Å². The molecule has 1 aromatic heterocycles. The van der Waals surface area contributed by atoms with E-state index in [1.807, 2.05) is 55.5 Å². The van der Waals surface area contributed by atoms with Crippen molar-refractivity contribution in [3.63, 3.8) is 0 Å². The van der Waals surface area contributed by atoms with Crippen molar-refractivity contribution < 1.29 is 9.53 Å². The Hall–Kier alpha value is -3.60. The zero-order chi connectivity index (χ0) is 23.2. The van der Waals surface area contributed by atoms with Gasteiger partial charge in [-0.3, -0.25) is 4.79 Å². The number of ether oxygens (including phenoxy) is 1. The molecular formula is C28H31N3O2. The van der Waals surface area contributed by atoms with Crippen molar-refractivity contribution in [1.29, 1.82) is 0 Å². The van der Waals surface area contributed by atoms with E-state index in [9.17, 15) is 4.79 Å². The van der Waals surface area contributed by atoms with Crippen LogP contribution in [0.5, 0.6) is 5.75 Å². The van der Waals surface area contributed by atoms with Gasteiger partial charge >= 0.3 is 0 Å². The number of aryl methyl sites for hydroxylation is 4. The first-order valence-electron chi connectivity index (χ1n) is 11.5. The first kappa shape index (κ1) is 22.6. The molecule has 5 nitrogen and oxygen atoms in total. The van der Waals surface area contributed by atoms with E-state index in [2.05, 4.69) is 41.9 Å². The molecule has 0 radical (unpaired) electrons. The van der Waals surface area contributed by atoms with E-state index < -0.39 is 0 Å². The average Bonchev–Trinajstić information content (AvgIpc) is 3.15. The van der Waals surface area contributed by atoms with Gasteiger partial charge < -0.3 is 14.6 Å². The summed E-state index contributed by atoms with van der Waals surface area (Å²) >= 11 is 0. The largest absolute Gasteiger partial charge is 0.493 e. The summed E-state index contributed by atoms with van der Waals surface area (Å²) in [7, 11) is 0. The maximum atomic E-state index is 12.6. The van der Waals surface area contributed by atoms with Crippen LogP contribution in [0.1, 0.15) is 39.3 Å². The molecule has 0 aliphatic heterocycles. The Morgan fingerprint density at radius 3 is 2.58 bits per heavy atom. The lowest BCUT2D eigenvalue weighted by atomic mass is 10.1. The summed E-state index contributed by atoms with van der Waals surface area (Å²) < 4.78 is 8.27. The Kier molecular flexibility index (Phi) is 7.08. The number of imidazole rings is 1. The minimum absolute atomic E-state index is 0.0439. The molecule has 5 heteroatoms. The Morgan fingerprint density at radius 1 is 0.970 bits per heavy atom. The molecule has 1 N–H and O–H groups in total. The van der Waals surface area contributed by atoms with Crippen LogP contribution in [-0.2, 0) is 13.0 Å². The summed E-state index contributed by atoms with van der Waals surface area (Å²) in [5.74, 6) is 1.88. The molecule has 4 rings (SSSR count). The number of aromatic nitrogens is 2. The van der Waals surface area contributed by atoms with Crippen LogP contribution in [0.25, 0.3) is 11.0 Å². The van der Waals surface area contributed by atoms with Crippen molar-refractivity contribution in [3.05, 3.63) is 94.8 Å². The van der Waals surface area contributed by atoms with Crippen LogP contribution in [0.4, 0.5) is 0 Å². The van der Waals surface area contributed by atoms with Crippen LogP contribution in [0, 0.1) is 20.8 Å². The van der Waals surface area contributed by atoms with Crippen molar-refractivity contribution in [3.8, 4) is 5.75 Å². The lowest BCUT2D eigenvalue weighted by molar-refractivity contribution is 0.0953. The molecule has 0 saturated carbocycles. The second-order valence-electron chi connectivity index (χ2n) is 8.46. The zero-order valence-electron chi connectivity index (χ0n) is 19.6. The van der Waals surface area contributed by atoms with Gasteiger partial charge in [0.25, 0.3) is 5.91 Å². The summed E-state index contributed by atoms with van der Waals surface area (Å²) in [6.45, 7) is 8.11. The Labute approximate surface area is 195 Å². The number of fused-ring (bicyclic) bond motifs is 1. The third-order valence-corrected chi connectivity index (χ3v) is 5.87. The Morgan fingerprint density at radius 2 is 1.76 bits per heavy atom. The lowest BCUT2D eigenvalue weighted by Gasteiger charge is -2.12. The topological polar surface area (TPSA) is 56.1 Å². The second kappa shape index (κ2) is 10.3. The van der Waals surface area contributed by atoms with Crippen LogP contribution in [0.2, 0.25) is 0 Å². The highest BCUT2D eigenvalue weighted by Gasteiger charge is 2.12. The number of carbonyl (C=O) groups is 1. The molecule has 0 aliphatic carbocycles. The minimum Gasteiger partial charge on any atom is -0.493 e. The van der Waals surface area contributed by atoms with Gasteiger partial charge in [-0.15, -0.1) is 0 Å². The van der Waals surface area contributed by atoms with E-state index >= 15 is 0 Å². The normalized spacial score (nSPS) is 11.0. The monoisotopic (exact) mass is 441 g/mol. The molecule has 0 unspecified atom stereocenters. The van der Waals surface area contributed by atoms with Gasteiger partial charge in [0.15, 0.2) is 0 Å². The Bertz CT molecular complexity index is 1260. The predicted octanol–water partition coefficient (Wildman–Crippen LogP) is 5.40. The van der Waals surface area contributed by atoms with E-state index in [1.54, 1.807) is 0 Å². The molecule has 0 aliphatic rings. The first-order chi connectivity index (χ1) is 16.0. The molecule has 0 spiro atoms. The predicted molar refractivity (Wildman–Crippen MR) is 133 cm³/mol. The van der Waals surface area contributed by atoms with Gasteiger partial charge in [-0.2, -0.15) is 0 Å². The van der Waals surface area contributed by atoms with Crippen molar-refractivity contribution in [2.75, 3.05) is 13.2 Å². The van der Waals surface area contributed by atoms with Crippen molar-refractivity contribution in [2.45, 2.75) is 40.2 Å². The van der Waals surface area contributed by atoms with Gasteiger partial charge in [-0.25, -0.2) is 4.98 Å². The molecular weight excluding hydrogens is 410 g/mol. The maximum Gasteiger partial charge on any atom is 0.251 e. The highest BCUT2D eigenvalue weighted by Crippen LogP contribution is 2.20. The third-order valence-electron chi connectivity index (χ3n) is 5.87. The van der Waals surface area contributed by atoms with Crippen molar-refractivity contribution in [2.24, 2.45) is 0 Å². The fourth-order valence-electron chi connectivity index (χ4n) is 4.14. The second-order valence-corrected chi connectivity index (χ2v) is 8.46. The minimum atomic E-state index is -0.0439. The molecule has 0 saturated heterocycles. The number of rotatable bonds is 9. The average molecular weight is 442 g/mol. The van der Waals surface area contributed by atoms with E-state index in [0.29, 0.717) is 19.6 Å². The molecule has 33 heavy (non-hydrogen) atoms. The van der Waals surface area contributed by atoms with E-state index in [0.717, 1.165) is 52.3 Å². The van der Waals surface area contributed by atoms with Crippen LogP contribution in [0.3, 0.4) is 0 Å². The van der Waals surface area contributed by atoms with Crippen LogP contribution in [-0.4, -0.2) is 28.6 Å². The number of para-hydroxylation sites is 2. The van der Waals surface area contributed by atoms with E-state index in [4.69, 9.17) is 9.72 Å². The summed E-state index contributed by atoms with van der Waals surface area (Å²) in [6.07, 6.45) is 1.54. The fourth-order valence-corrected chi connectivity index (χ4v) is 4.14. The number of hydrogen-bond donors (Lipinski definition) is 1. The molecule has 0 bridgehead atoms. The first-order valence-corrected chi connectivity index (χ1v) is 11.5. The van der Waals surface area contributed by atoms with Gasteiger partial charge in [-0.05, 0) is 62.6 Å². The standard InChI is InChI=1S/C28H31N3O2/c1-20-13-14-26(22(3)19-20)33-18-8-17-31-25-12-7-6-11-24(25)30-27(31)15-16-29-28(32)23-10-5-4-9-21(23)2/h4-7,9-14,19H,8,15-18H2,1-3H3,(H,29,32). The number of nitrogens with one attached hydrogen (secondary N) is 1. The highest BCUT2D eigenvalue weighted by molar-refractivity contribution is 5.95. The molecule has 4 aromatic rings. The summed E-state index contributed by atoms with van der Waals surface area (Å²) in [5, 5.41) is 3.04. The number of benzene rings is 3. The number of amides is 1. The van der Waals surface area contributed by atoms with Crippen LogP contribution < -0.4 is 10.1 Å². The summed E-state index contributed by atoms with van der Waals surface area (Å²) in [4.78, 5) is 17.4. The molecule has 3 aromatic carbocycles. The van der Waals surface area contributed by atoms with Gasteiger partial charge in [0.2, 0.25) is 0 Å². The van der Waals surface area contributed by atoms with Crippen LogP contribution in [0.15, 0.2) is 66.7 Å². The lowest BCUT2D eigenvalue weighted by Crippen LogP contribution is -2.27. The van der Waals surface area contributed by atoms with Gasteiger partial charge in [0, 0.05) is 25.1 Å². The van der Waals surface area contributed by atoms with Gasteiger partial charge in [-0.1, -0.05) is 48.0 Å². The number of hydrogen-bond acceptors (Lipinski definition) is 3. The SMILES string of the molecule is Cc1ccc(OCCCn2c(CCNC(=O)c3ccccc3C)nc3ccccc32)c(C)c1. The molecule has 1 heterocycles. The van der Waals surface area contributed by atoms with Crippen molar-refractivity contribution >= 4 is 16.9 Å². The summed E-state index contributed by atoms with van der Waals surface area (Å²) in [6, 6.07) is 22.1. The van der Waals surface area contributed by atoms with Crippen LogP contribution >= 0.6 is 0 Å². The number of carbonyl (C=O) groups excluding carboxylic acids is 1. The fraction of sp³-hybridized carbons (Fsp3) is 0.286. The molecule has 0 fully saturated rings. The molecule has 0 atom stereocenters. The summed E-state index contributed by atoms with van der Waals surface area (Å²) in [5.41, 5.74) is 6.19. The highest BCUT2D eigenvalue weighted by atomic mass is 16.5. The smallest absolute Gasteiger partial charge is 0.251 e. The third kappa shape index (κ3) is 5.43. The Balaban J connectivity index is 1.39. The number of nitrogens with zero attached hydrogens (tertiary/aromatic N) is 2. The van der Waals surface area contributed by atoms with Gasteiger partial charge in [0.05, 0.1) is 17.6 Å². The zero-order valence-corrected chi connectivity index (χ0v) is 19.6. The van der Waals surface area contributed by atoms with Crippen molar-refractivity contribution in [1.82, 2.24) is 14.9 Å².